The van der Waals surface area contributed by atoms with Gasteiger partial charge in [0.1, 0.15) is 11.4 Å². The van der Waals surface area contributed by atoms with Gasteiger partial charge in [-0.1, -0.05) is 0 Å². The molecule has 2 aliphatic heterocycles. The van der Waals surface area contributed by atoms with E-state index in [1.807, 2.05) is 24.4 Å². The second-order valence-electron chi connectivity index (χ2n) is 6.69. The molecule has 2 aliphatic rings. The summed E-state index contributed by atoms with van der Waals surface area (Å²) in [6, 6.07) is 5.72. The topological polar surface area (TPSA) is 84.3 Å². The Morgan fingerprint density at radius 1 is 1.23 bits per heavy atom. The summed E-state index contributed by atoms with van der Waals surface area (Å²) < 4.78 is 7.16. The summed E-state index contributed by atoms with van der Waals surface area (Å²) in [5.74, 6) is 0.874. The molecule has 2 aromatic heterocycles. The molecule has 2 saturated heterocycles. The van der Waals surface area contributed by atoms with Gasteiger partial charge in [0.25, 0.3) is 5.91 Å². The molecule has 2 N–H and O–H groups in total. The Labute approximate surface area is 152 Å². The van der Waals surface area contributed by atoms with Gasteiger partial charge in [-0.15, -0.1) is 0 Å². The van der Waals surface area contributed by atoms with Crippen molar-refractivity contribution in [3.63, 3.8) is 0 Å². The van der Waals surface area contributed by atoms with Crippen LogP contribution in [0.4, 0.5) is 11.5 Å². The summed E-state index contributed by atoms with van der Waals surface area (Å²) in [5, 5.41) is 10.7. The van der Waals surface area contributed by atoms with E-state index in [1.54, 1.807) is 17.1 Å². The number of nitrogens with zero attached hydrogens (tertiary/aromatic N) is 4. The molecule has 0 bridgehead atoms. The highest BCUT2D eigenvalue weighted by molar-refractivity contribution is 5.96. The maximum Gasteiger partial charge on any atom is 0.252 e. The molecular weight excluding hydrogens is 332 g/mol. The van der Waals surface area contributed by atoms with Crippen LogP contribution in [-0.4, -0.2) is 60.1 Å². The van der Waals surface area contributed by atoms with Crippen LogP contribution >= 0.6 is 0 Å². The van der Waals surface area contributed by atoms with Crippen molar-refractivity contribution in [2.45, 2.75) is 18.4 Å². The van der Waals surface area contributed by atoms with E-state index in [-0.39, 0.29) is 5.91 Å². The predicted octanol–water partition coefficient (Wildman–Crippen LogP) is 0.832. The lowest BCUT2D eigenvalue weighted by Gasteiger charge is -2.36. The SMILES string of the molecule is O=C(Nc1ccc(N2CCOCC2)nc1)C1(n2cccn2)CCNCC1. The van der Waals surface area contributed by atoms with Crippen molar-refractivity contribution >= 4 is 17.4 Å². The lowest BCUT2D eigenvalue weighted by Crippen LogP contribution is -2.52. The number of amides is 1. The molecule has 0 aromatic carbocycles. The first kappa shape index (κ1) is 17.0. The number of ether oxygens (including phenoxy) is 1. The maximum atomic E-state index is 13.1. The minimum atomic E-state index is -0.655. The molecule has 4 rings (SSSR count). The summed E-state index contributed by atoms with van der Waals surface area (Å²) >= 11 is 0. The molecule has 8 heteroatoms. The van der Waals surface area contributed by atoms with Crippen LogP contribution in [0.25, 0.3) is 0 Å². The third-order valence-corrected chi connectivity index (χ3v) is 5.14. The minimum absolute atomic E-state index is 0.0383. The van der Waals surface area contributed by atoms with Crippen LogP contribution < -0.4 is 15.5 Å². The van der Waals surface area contributed by atoms with E-state index in [0.29, 0.717) is 18.5 Å². The fourth-order valence-electron chi connectivity index (χ4n) is 3.61. The van der Waals surface area contributed by atoms with Crippen molar-refractivity contribution in [2.24, 2.45) is 0 Å². The highest BCUT2D eigenvalue weighted by Gasteiger charge is 2.42. The number of rotatable bonds is 4. The Balaban J connectivity index is 1.49. The predicted molar refractivity (Wildman–Crippen MR) is 98.2 cm³/mol. The van der Waals surface area contributed by atoms with Crippen LogP contribution in [0.15, 0.2) is 36.8 Å². The molecule has 2 aromatic rings. The molecule has 0 saturated carbocycles. The largest absolute Gasteiger partial charge is 0.378 e. The van der Waals surface area contributed by atoms with E-state index in [9.17, 15) is 4.79 Å². The van der Waals surface area contributed by atoms with Crippen molar-refractivity contribution in [3.05, 3.63) is 36.8 Å². The second-order valence-corrected chi connectivity index (χ2v) is 6.69. The Morgan fingerprint density at radius 2 is 2.04 bits per heavy atom. The number of hydrogen-bond acceptors (Lipinski definition) is 6. The second kappa shape index (κ2) is 7.43. The zero-order valence-corrected chi connectivity index (χ0v) is 14.7. The zero-order valence-electron chi connectivity index (χ0n) is 14.7. The summed E-state index contributed by atoms with van der Waals surface area (Å²) in [4.78, 5) is 19.8. The fraction of sp³-hybridized carbons (Fsp3) is 0.500. The van der Waals surface area contributed by atoms with Crippen molar-refractivity contribution in [2.75, 3.05) is 49.6 Å². The van der Waals surface area contributed by atoms with Gasteiger partial charge in [0, 0.05) is 25.5 Å². The quantitative estimate of drug-likeness (QED) is 0.844. The molecule has 138 valence electrons. The molecule has 2 fully saturated rings. The number of piperidine rings is 1. The normalized spacial score (nSPS) is 19.9. The monoisotopic (exact) mass is 356 g/mol. The molecule has 0 spiro atoms. The van der Waals surface area contributed by atoms with Crippen molar-refractivity contribution < 1.29 is 9.53 Å². The standard InChI is InChI=1S/C18H24N6O2/c25-17(18(4-7-19-8-5-18)24-9-1-6-21-24)22-15-2-3-16(20-14-15)23-10-12-26-13-11-23/h1-3,6,9,14,19H,4-5,7-8,10-13H2,(H,22,25). The van der Waals surface area contributed by atoms with Gasteiger partial charge in [-0.05, 0) is 44.1 Å². The number of carbonyl (C=O) groups is 1. The Bertz CT molecular complexity index is 719. The van der Waals surface area contributed by atoms with E-state index in [4.69, 9.17) is 4.74 Å². The molecular formula is C18H24N6O2. The van der Waals surface area contributed by atoms with Crippen molar-refractivity contribution in [3.8, 4) is 0 Å². The van der Waals surface area contributed by atoms with Crippen LogP contribution in [0.5, 0.6) is 0 Å². The molecule has 0 aliphatic carbocycles. The molecule has 26 heavy (non-hydrogen) atoms. The van der Waals surface area contributed by atoms with Gasteiger partial charge in [-0.25, -0.2) is 4.98 Å². The van der Waals surface area contributed by atoms with E-state index < -0.39 is 5.54 Å². The van der Waals surface area contributed by atoms with E-state index in [1.165, 1.54) is 0 Å². The summed E-state index contributed by atoms with van der Waals surface area (Å²) in [7, 11) is 0. The average molecular weight is 356 g/mol. The number of anilines is 2. The number of hydrogen-bond donors (Lipinski definition) is 2. The first-order valence-electron chi connectivity index (χ1n) is 9.09. The minimum Gasteiger partial charge on any atom is -0.378 e. The molecule has 0 atom stereocenters. The third kappa shape index (κ3) is 3.30. The lowest BCUT2D eigenvalue weighted by molar-refractivity contribution is -0.126. The van der Waals surface area contributed by atoms with Crippen LogP contribution in [0.3, 0.4) is 0 Å². The average Bonchev–Trinajstić information content (AvgIpc) is 3.25. The third-order valence-electron chi connectivity index (χ3n) is 5.14. The molecule has 4 heterocycles. The molecule has 1 amide bonds. The fourth-order valence-corrected chi connectivity index (χ4v) is 3.61. The Kier molecular flexibility index (Phi) is 4.85. The zero-order chi connectivity index (χ0) is 17.8. The van der Waals surface area contributed by atoms with Crippen LogP contribution in [0.2, 0.25) is 0 Å². The highest BCUT2D eigenvalue weighted by Crippen LogP contribution is 2.29. The Hall–Kier alpha value is -2.45. The summed E-state index contributed by atoms with van der Waals surface area (Å²) in [6.45, 7) is 4.71. The smallest absolute Gasteiger partial charge is 0.252 e. The molecule has 0 radical (unpaired) electrons. The molecule has 8 nitrogen and oxygen atoms in total. The van der Waals surface area contributed by atoms with Gasteiger partial charge in [0.2, 0.25) is 0 Å². The van der Waals surface area contributed by atoms with Gasteiger partial charge >= 0.3 is 0 Å². The summed E-state index contributed by atoms with van der Waals surface area (Å²) in [5.41, 5.74) is 0.0505. The number of carbonyl (C=O) groups excluding carboxylic acids is 1. The van der Waals surface area contributed by atoms with Crippen LogP contribution in [0.1, 0.15) is 12.8 Å². The first-order valence-corrected chi connectivity index (χ1v) is 9.09. The highest BCUT2D eigenvalue weighted by atomic mass is 16.5. The maximum absolute atomic E-state index is 13.1. The van der Waals surface area contributed by atoms with Gasteiger partial charge in [-0.3, -0.25) is 9.48 Å². The van der Waals surface area contributed by atoms with Gasteiger partial charge in [0.05, 0.1) is 25.1 Å². The van der Waals surface area contributed by atoms with Crippen LogP contribution in [-0.2, 0) is 15.1 Å². The van der Waals surface area contributed by atoms with Gasteiger partial charge in [0.15, 0.2) is 0 Å². The lowest BCUT2D eigenvalue weighted by atomic mass is 9.87. The first-order chi connectivity index (χ1) is 12.8. The molecule has 0 unspecified atom stereocenters. The van der Waals surface area contributed by atoms with Gasteiger partial charge < -0.3 is 20.3 Å². The summed E-state index contributed by atoms with van der Waals surface area (Å²) in [6.07, 6.45) is 6.72. The van der Waals surface area contributed by atoms with Crippen molar-refractivity contribution in [1.82, 2.24) is 20.1 Å². The van der Waals surface area contributed by atoms with Gasteiger partial charge in [-0.2, -0.15) is 5.10 Å². The number of morpholine rings is 1. The van der Waals surface area contributed by atoms with E-state index in [2.05, 4.69) is 25.6 Å². The van der Waals surface area contributed by atoms with Crippen molar-refractivity contribution in [1.29, 1.82) is 0 Å². The number of pyridine rings is 1. The number of aromatic nitrogens is 3. The van der Waals surface area contributed by atoms with E-state index in [0.717, 1.165) is 45.2 Å². The number of nitrogens with one attached hydrogen (secondary N) is 2. The van der Waals surface area contributed by atoms with Crippen LogP contribution in [0, 0.1) is 0 Å². The Morgan fingerprint density at radius 3 is 2.69 bits per heavy atom. The van der Waals surface area contributed by atoms with E-state index >= 15 is 0 Å².